The van der Waals surface area contributed by atoms with Crippen LogP contribution in [0.4, 0.5) is 0 Å². The highest BCUT2D eigenvalue weighted by Crippen LogP contribution is 2.35. The van der Waals surface area contributed by atoms with Gasteiger partial charge in [0.1, 0.15) is 11.5 Å². The molecule has 1 aliphatic heterocycles. The van der Waals surface area contributed by atoms with E-state index in [0.717, 1.165) is 34.0 Å². The van der Waals surface area contributed by atoms with Gasteiger partial charge in [0.2, 0.25) is 0 Å². The molecule has 3 aromatic rings. The quantitative estimate of drug-likeness (QED) is 0.387. The maximum Gasteiger partial charge on any atom is 0.340 e. The number of aromatic nitrogens is 1. The first-order valence-corrected chi connectivity index (χ1v) is 11.0. The minimum Gasteiger partial charge on any atom is -0.495 e. The van der Waals surface area contributed by atoms with Crippen LogP contribution in [0.15, 0.2) is 63.9 Å². The van der Waals surface area contributed by atoms with Crippen LogP contribution in [0, 0.1) is 20.8 Å². The van der Waals surface area contributed by atoms with Crippen molar-refractivity contribution >= 4 is 18.0 Å². The number of aryl methyl sites for hydroxylation is 2. The molecule has 0 saturated carbocycles. The molecule has 7 heteroatoms. The topological polar surface area (TPSA) is 73.9 Å². The lowest BCUT2D eigenvalue weighted by molar-refractivity contribution is -0.136. The van der Waals surface area contributed by atoms with Crippen molar-refractivity contribution in [3.8, 4) is 11.4 Å². The Morgan fingerprint density at radius 2 is 1.85 bits per heavy atom. The predicted octanol–water partition coefficient (Wildman–Crippen LogP) is 4.88. The van der Waals surface area contributed by atoms with Crippen molar-refractivity contribution in [1.82, 2.24) is 9.47 Å². The molecule has 2 aromatic heterocycles. The van der Waals surface area contributed by atoms with E-state index in [9.17, 15) is 9.59 Å². The van der Waals surface area contributed by atoms with Crippen LogP contribution < -0.4 is 4.74 Å². The van der Waals surface area contributed by atoms with E-state index in [1.54, 1.807) is 43.4 Å². The number of rotatable bonds is 6. The van der Waals surface area contributed by atoms with E-state index in [0.29, 0.717) is 17.0 Å². The molecule has 0 N–H and O–H groups in total. The first-order chi connectivity index (χ1) is 16.3. The lowest BCUT2D eigenvalue weighted by Gasteiger charge is -2.16. The van der Waals surface area contributed by atoms with Gasteiger partial charge in [0.05, 0.1) is 43.9 Å². The van der Waals surface area contributed by atoms with Crippen molar-refractivity contribution < 1.29 is 23.5 Å². The molecule has 3 heterocycles. The summed E-state index contributed by atoms with van der Waals surface area (Å²) in [6.07, 6.45) is 3.32. The van der Waals surface area contributed by atoms with E-state index >= 15 is 0 Å². The summed E-state index contributed by atoms with van der Waals surface area (Å²) in [7, 11) is 2.96. The van der Waals surface area contributed by atoms with Gasteiger partial charge in [0.25, 0.3) is 5.91 Å². The summed E-state index contributed by atoms with van der Waals surface area (Å²) in [6, 6.07) is 11.6. The standard InChI is InChI=1S/C27H28N2O5/c1-16-9-10-24(32-5)23(12-16)29-17(2)13-20(18(29)3)14-22-25(27(31)33-6)19(4)28(26(22)30)15-21-8-7-11-34-21/h7-14H,15H2,1-6H3. The lowest BCUT2D eigenvalue weighted by atomic mass is 10.0. The van der Waals surface area contributed by atoms with Crippen LogP contribution >= 0.6 is 0 Å². The number of benzene rings is 1. The average molecular weight is 461 g/mol. The molecule has 0 aliphatic carbocycles. The second kappa shape index (κ2) is 9.09. The van der Waals surface area contributed by atoms with Crippen molar-refractivity contribution in [3.63, 3.8) is 0 Å². The number of amides is 1. The Morgan fingerprint density at radius 1 is 1.09 bits per heavy atom. The molecule has 0 saturated heterocycles. The van der Waals surface area contributed by atoms with Crippen molar-refractivity contribution in [2.75, 3.05) is 14.2 Å². The lowest BCUT2D eigenvalue weighted by Crippen LogP contribution is -2.24. The molecule has 0 bridgehead atoms. The number of allylic oxidation sites excluding steroid dienone is 1. The number of nitrogens with zero attached hydrogens (tertiary/aromatic N) is 2. The van der Waals surface area contributed by atoms with Crippen LogP contribution in [-0.2, 0) is 20.9 Å². The minimum atomic E-state index is -0.548. The molecule has 1 amide bonds. The fourth-order valence-electron chi connectivity index (χ4n) is 4.41. The van der Waals surface area contributed by atoms with Gasteiger partial charge < -0.3 is 23.4 Å². The summed E-state index contributed by atoms with van der Waals surface area (Å²) in [5, 5.41) is 0. The van der Waals surface area contributed by atoms with Gasteiger partial charge in [-0.25, -0.2) is 4.79 Å². The third-order valence-corrected chi connectivity index (χ3v) is 6.14. The molecular formula is C27H28N2O5. The third-order valence-electron chi connectivity index (χ3n) is 6.14. The van der Waals surface area contributed by atoms with Crippen LogP contribution in [0.1, 0.15) is 35.2 Å². The van der Waals surface area contributed by atoms with Gasteiger partial charge in [-0.3, -0.25) is 4.79 Å². The zero-order chi connectivity index (χ0) is 24.6. The Bertz CT molecular complexity index is 1330. The highest BCUT2D eigenvalue weighted by Gasteiger charge is 2.37. The second-order valence-corrected chi connectivity index (χ2v) is 8.32. The number of carbonyl (C=O) groups is 2. The van der Waals surface area contributed by atoms with E-state index in [4.69, 9.17) is 13.9 Å². The van der Waals surface area contributed by atoms with Gasteiger partial charge in [-0.15, -0.1) is 0 Å². The van der Waals surface area contributed by atoms with E-state index < -0.39 is 5.97 Å². The maximum absolute atomic E-state index is 13.4. The third kappa shape index (κ3) is 3.94. The zero-order valence-corrected chi connectivity index (χ0v) is 20.3. The van der Waals surface area contributed by atoms with Crippen LogP contribution in [-0.4, -0.2) is 35.6 Å². The second-order valence-electron chi connectivity index (χ2n) is 8.32. The normalized spacial score (nSPS) is 14.9. The molecule has 176 valence electrons. The molecule has 7 nitrogen and oxygen atoms in total. The summed E-state index contributed by atoms with van der Waals surface area (Å²) in [5.74, 6) is 0.558. The maximum atomic E-state index is 13.4. The number of esters is 1. The van der Waals surface area contributed by atoms with Crippen molar-refractivity contribution in [2.24, 2.45) is 0 Å². The van der Waals surface area contributed by atoms with Crippen LogP contribution in [0.25, 0.3) is 11.8 Å². The Kier molecular flexibility index (Phi) is 6.20. The highest BCUT2D eigenvalue weighted by molar-refractivity contribution is 6.16. The van der Waals surface area contributed by atoms with Gasteiger partial charge in [-0.1, -0.05) is 6.07 Å². The summed E-state index contributed by atoms with van der Waals surface area (Å²) >= 11 is 0. The Labute approximate surface area is 198 Å². The number of hydrogen-bond donors (Lipinski definition) is 0. The number of hydrogen-bond acceptors (Lipinski definition) is 5. The van der Waals surface area contributed by atoms with Crippen LogP contribution in [0.3, 0.4) is 0 Å². The predicted molar refractivity (Wildman–Crippen MR) is 128 cm³/mol. The molecular weight excluding hydrogens is 432 g/mol. The monoisotopic (exact) mass is 460 g/mol. The van der Waals surface area contributed by atoms with Crippen molar-refractivity contribution in [1.29, 1.82) is 0 Å². The van der Waals surface area contributed by atoms with E-state index in [2.05, 4.69) is 10.6 Å². The largest absolute Gasteiger partial charge is 0.495 e. The summed E-state index contributed by atoms with van der Waals surface area (Å²) in [4.78, 5) is 27.6. The Balaban J connectivity index is 1.82. The van der Waals surface area contributed by atoms with Crippen molar-refractivity contribution in [2.45, 2.75) is 34.2 Å². The molecule has 4 rings (SSSR count). The van der Waals surface area contributed by atoms with Crippen LogP contribution in [0.5, 0.6) is 5.75 Å². The van der Waals surface area contributed by atoms with Gasteiger partial charge >= 0.3 is 5.97 Å². The van der Waals surface area contributed by atoms with E-state index in [-0.39, 0.29) is 18.0 Å². The minimum absolute atomic E-state index is 0.231. The van der Waals surface area contributed by atoms with Gasteiger partial charge in [-0.2, -0.15) is 0 Å². The van der Waals surface area contributed by atoms with Crippen molar-refractivity contribution in [3.05, 3.63) is 87.8 Å². The molecule has 0 unspecified atom stereocenters. The van der Waals surface area contributed by atoms with Crippen LogP contribution in [0.2, 0.25) is 0 Å². The summed E-state index contributed by atoms with van der Waals surface area (Å²) < 4.78 is 18.1. The Hall–Kier alpha value is -4.00. The fraction of sp³-hybridized carbons (Fsp3) is 0.259. The summed E-state index contributed by atoms with van der Waals surface area (Å²) in [6.45, 7) is 7.99. The van der Waals surface area contributed by atoms with Gasteiger partial charge in [0.15, 0.2) is 0 Å². The van der Waals surface area contributed by atoms with Gasteiger partial charge in [0, 0.05) is 17.1 Å². The first-order valence-electron chi connectivity index (χ1n) is 11.0. The van der Waals surface area contributed by atoms with Gasteiger partial charge in [-0.05, 0) is 75.2 Å². The molecule has 0 atom stereocenters. The SMILES string of the molecule is COC(=O)C1=C(C)N(Cc2ccco2)C(=O)C1=Cc1cc(C)n(-c2cc(C)ccc2OC)c1C. The number of ether oxygens (including phenoxy) is 2. The zero-order valence-electron chi connectivity index (χ0n) is 20.3. The fourth-order valence-corrected chi connectivity index (χ4v) is 4.41. The molecule has 34 heavy (non-hydrogen) atoms. The smallest absolute Gasteiger partial charge is 0.340 e. The molecule has 0 spiro atoms. The van der Waals surface area contributed by atoms with E-state index in [1.165, 1.54) is 7.11 Å². The highest BCUT2D eigenvalue weighted by atomic mass is 16.5. The number of carbonyl (C=O) groups excluding carboxylic acids is 2. The first kappa shape index (κ1) is 23.2. The number of methoxy groups -OCH3 is 2. The molecule has 0 fully saturated rings. The van der Waals surface area contributed by atoms with E-state index in [1.807, 2.05) is 39.0 Å². The summed E-state index contributed by atoms with van der Waals surface area (Å²) in [5.41, 5.74) is 5.85. The number of furan rings is 1. The molecule has 0 radical (unpaired) electrons. The Morgan fingerprint density at radius 3 is 2.50 bits per heavy atom. The average Bonchev–Trinajstić information content (AvgIpc) is 3.48. The molecule has 1 aromatic carbocycles. The molecule has 1 aliphatic rings.